The Hall–Kier alpha value is -2.57. The van der Waals surface area contributed by atoms with E-state index in [4.69, 9.17) is 32.7 Å². The van der Waals surface area contributed by atoms with E-state index >= 15 is 0 Å². The van der Waals surface area contributed by atoms with Crippen LogP contribution in [-0.4, -0.2) is 55.5 Å². The van der Waals surface area contributed by atoms with Crippen molar-refractivity contribution in [2.45, 2.75) is 12.7 Å². The predicted octanol–water partition coefficient (Wildman–Crippen LogP) is 5.72. The summed E-state index contributed by atoms with van der Waals surface area (Å²) in [6.45, 7) is 4.02. The van der Waals surface area contributed by atoms with Crippen molar-refractivity contribution in [3.63, 3.8) is 0 Å². The first-order chi connectivity index (χ1) is 16.5. The molecule has 178 valence electrons. The highest BCUT2D eigenvalue weighted by molar-refractivity contribution is 6.33. The van der Waals surface area contributed by atoms with Gasteiger partial charge in [-0.05, 0) is 47.5 Å². The van der Waals surface area contributed by atoms with Crippen LogP contribution in [0.2, 0.25) is 10.0 Å². The van der Waals surface area contributed by atoms with Crippen molar-refractivity contribution in [3.8, 4) is 5.75 Å². The average molecular weight is 499 g/mol. The van der Waals surface area contributed by atoms with E-state index in [0.717, 1.165) is 36.5 Å². The van der Waals surface area contributed by atoms with Crippen molar-refractivity contribution in [3.05, 3.63) is 99.5 Å². The van der Waals surface area contributed by atoms with Crippen LogP contribution in [0.4, 0.5) is 0 Å². The van der Waals surface area contributed by atoms with E-state index in [2.05, 4.69) is 4.90 Å². The summed E-state index contributed by atoms with van der Waals surface area (Å²) in [4.78, 5) is 17.1. The van der Waals surface area contributed by atoms with E-state index in [1.807, 2.05) is 65.6 Å². The number of hydrogen-bond donors (Lipinski definition) is 0. The molecule has 0 unspecified atom stereocenters. The number of halogens is 2. The zero-order chi connectivity index (χ0) is 23.9. The van der Waals surface area contributed by atoms with Gasteiger partial charge in [-0.3, -0.25) is 9.69 Å². The standard InChI is InChI=1S/C27H28Cl2N2O3/c1-33-23-6-4-5-20(17-23)19-34-26(21-9-11-22(28)12-10-21)18-30-13-15-31(16-14-30)27(32)24-7-2-3-8-25(24)29/h2-12,17,26H,13-16,18-19H2,1H3/t26-/m0/s1. The van der Waals surface area contributed by atoms with E-state index in [0.29, 0.717) is 35.3 Å². The van der Waals surface area contributed by atoms with Crippen LogP contribution < -0.4 is 4.74 Å². The van der Waals surface area contributed by atoms with Gasteiger partial charge in [0.25, 0.3) is 5.91 Å². The molecular weight excluding hydrogens is 471 g/mol. The van der Waals surface area contributed by atoms with Gasteiger partial charge >= 0.3 is 0 Å². The van der Waals surface area contributed by atoms with Gasteiger partial charge < -0.3 is 14.4 Å². The summed E-state index contributed by atoms with van der Waals surface area (Å²) in [7, 11) is 1.66. The fourth-order valence-corrected chi connectivity index (χ4v) is 4.41. The number of hydrogen-bond acceptors (Lipinski definition) is 4. The van der Waals surface area contributed by atoms with E-state index < -0.39 is 0 Å². The molecule has 0 N–H and O–H groups in total. The minimum Gasteiger partial charge on any atom is -0.497 e. The third-order valence-corrected chi connectivity index (χ3v) is 6.60. The average Bonchev–Trinajstić information content (AvgIpc) is 2.87. The Morgan fingerprint density at radius 3 is 2.38 bits per heavy atom. The van der Waals surface area contributed by atoms with Crippen LogP contribution >= 0.6 is 23.2 Å². The first kappa shape index (κ1) is 24.6. The summed E-state index contributed by atoms with van der Waals surface area (Å²) in [5.41, 5.74) is 2.67. The van der Waals surface area contributed by atoms with Crippen LogP contribution in [0.15, 0.2) is 72.8 Å². The van der Waals surface area contributed by atoms with Crippen molar-refractivity contribution in [1.29, 1.82) is 0 Å². The fourth-order valence-electron chi connectivity index (χ4n) is 4.06. The molecule has 0 aliphatic carbocycles. The Bertz CT molecular complexity index is 1100. The predicted molar refractivity (Wildman–Crippen MR) is 136 cm³/mol. The largest absolute Gasteiger partial charge is 0.497 e. The van der Waals surface area contributed by atoms with Crippen molar-refractivity contribution < 1.29 is 14.3 Å². The molecule has 3 aromatic carbocycles. The first-order valence-electron chi connectivity index (χ1n) is 11.3. The van der Waals surface area contributed by atoms with Gasteiger partial charge in [-0.2, -0.15) is 0 Å². The number of benzene rings is 3. The Morgan fingerprint density at radius 1 is 0.941 bits per heavy atom. The summed E-state index contributed by atoms with van der Waals surface area (Å²) in [6, 6.07) is 22.9. The highest BCUT2D eigenvalue weighted by Crippen LogP contribution is 2.25. The summed E-state index contributed by atoms with van der Waals surface area (Å²) >= 11 is 12.3. The van der Waals surface area contributed by atoms with Crippen LogP contribution in [-0.2, 0) is 11.3 Å². The van der Waals surface area contributed by atoms with Gasteiger partial charge in [0, 0.05) is 37.7 Å². The highest BCUT2D eigenvalue weighted by Gasteiger charge is 2.25. The molecule has 1 saturated heterocycles. The lowest BCUT2D eigenvalue weighted by molar-refractivity contribution is 0.00338. The van der Waals surface area contributed by atoms with Crippen LogP contribution in [0.1, 0.15) is 27.6 Å². The molecule has 7 heteroatoms. The van der Waals surface area contributed by atoms with Gasteiger partial charge in [0.15, 0.2) is 0 Å². The normalized spacial score (nSPS) is 15.2. The lowest BCUT2D eigenvalue weighted by atomic mass is 10.1. The second-order valence-electron chi connectivity index (χ2n) is 8.28. The number of carbonyl (C=O) groups is 1. The molecule has 1 aliphatic rings. The third kappa shape index (κ3) is 6.30. The van der Waals surface area contributed by atoms with E-state index in [-0.39, 0.29) is 12.0 Å². The van der Waals surface area contributed by atoms with Gasteiger partial charge in [-0.25, -0.2) is 0 Å². The SMILES string of the molecule is COc1cccc(CO[C@@H](CN2CCN(C(=O)c3ccccc3Cl)CC2)c2ccc(Cl)cc2)c1. The van der Waals surface area contributed by atoms with Crippen molar-refractivity contribution in [2.75, 3.05) is 39.8 Å². The summed E-state index contributed by atoms with van der Waals surface area (Å²) in [6.07, 6.45) is -0.130. The molecule has 0 radical (unpaired) electrons. The zero-order valence-electron chi connectivity index (χ0n) is 19.1. The maximum Gasteiger partial charge on any atom is 0.255 e. The molecule has 0 bridgehead atoms. The lowest BCUT2D eigenvalue weighted by Crippen LogP contribution is -2.49. The van der Waals surface area contributed by atoms with Crippen molar-refractivity contribution in [2.24, 2.45) is 0 Å². The topological polar surface area (TPSA) is 42.0 Å². The molecule has 1 amide bonds. The Labute approximate surface area is 210 Å². The smallest absolute Gasteiger partial charge is 0.255 e. The van der Waals surface area contributed by atoms with E-state index in [1.165, 1.54) is 0 Å². The van der Waals surface area contributed by atoms with Crippen LogP contribution in [0, 0.1) is 0 Å². The second-order valence-corrected chi connectivity index (χ2v) is 9.12. The fraction of sp³-hybridized carbons (Fsp3) is 0.296. The van der Waals surface area contributed by atoms with Crippen LogP contribution in [0.25, 0.3) is 0 Å². The summed E-state index contributed by atoms with van der Waals surface area (Å²) in [5, 5.41) is 1.19. The Balaban J connectivity index is 1.40. The van der Waals surface area contributed by atoms with Gasteiger partial charge in [0.1, 0.15) is 5.75 Å². The van der Waals surface area contributed by atoms with Crippen molar-refractivity contribution in [1.82, 2.24) is 9.80 Å². The Kier molecular flexibility index (Phi) is 8.46. The maximum atomic E-state index is 12.9. The third-order valence-electron chi connectivity index (χ3n) is 6.01. The first-order valence-corrected chi connectivity index (χ1v) is 12.1. The number of carbonyl (C=O) groups excluding carboxylic acids is 1. The van der Waals surface area contributed by atoms with Gasteiger partial charge in [-0.15, -0.1) is 0 Å². The second kappa shape index (κ2) is 11.7. The number of methoxy groups -OCH3 is 1. The highest BCUT2D eigenvalue weighted by atomic mass is 35.5. The van der Waals surface area contributed by atoms with Gasteiger partial charge in [-0.1, -0.05) is 59.6 Å². The molecule has 1 atom stereocenters. The lowest BCUT2D eigenvalue weighted by Gasteiger charge is -2.36. The molecule has 1 fully saturated rings. The molecule has 0 saturated carbocycles. The summed E-state index contributed by atoms with van der Waals surface area (Å²) in [5.74, 6) is 0.789. The molecule has 34 heavy (non-hydrogen) atoms. The molecule has 0 spiro atoms. The number of nitrogens with zero attached hydrogens (tertiary/aromatic N) is 2. The molecular formula is C27H28Cl2N2O3. The van der Waals surface area contributed by atoms with Crippen LogP contribution in [0.5, 0.6) is 5.75 Å². The minimum absolute atomic E-state index is 0.0197. The van der Waals surface area contributed by atoms with E-state index in [1.54, 1.807) is 19.2 Å². The molecule has 5 nitrogen and oxygen atoms in total. The summed E-state index contributed by atoms with van der Waals surface area (Å²) < 4.78 is 11.7. The molecule has 4 rings (SSSR count). The molecule has 0 aromatic heterocycles. The van der Waals surface area contributed by atoms with Crippen molar-refractivity contribution >= 4 is 29.1 Å². The minimum atomic E-state index is -0.130. The monoisotopic (exact) mass is 498 g/mol. The maximum absolute atomic E-state index is 12.9. The van der Waals surface area contributed by atoms with Gasteiger partial charge in [0.05, 0.1) is 30.4 Å². The number of rotatable bonds is 8. The quantitative estimate of drug-likeness (QED) is 0.398. The number of ether oxygens (including phenoxy) is 2. The molecule has 3 aromatic rings. The molecule has 1 aliphatic heterocycles. The number of piperazine rings is 1. The number of amides is 1. The Morgan fingerprint density at radius 2 is 1.68 bits per heavy atom. The zero-order valence-corrected chi connectivity index (χ0v) is 20.6. The van der Waals surface area contributed by atoms with E-state index in [9.17, 15) is 4.79 Å². The van der Waals surface area contributed by atoms with Crippen LogP contribution in [0.3, 0.4) is 0 Å². The molecule has 1 heterocycles. The van der Waals surface area contributed by atoms with Gasteiger partial charge in [0.2, 0.25) is 0 Å².